The Morgan fingerprint density at radius 3 is 2.69 bits per heavy atom. The van der Waals surface area contributed by atoms with Crippen molar-refractivity contribution in [3.8, 4) is 5.88 Å². The number of ether oxygens (including phenoxy) is 2. The summed E-state index contributed by atoms with van der Waals surface area (Å²) in [4.78, 5) is 31.0. The minimum atomic E-state index is -0.526. The van der Waals surface area contributed by atoms with Gasteiger partial charge in [-0.1, -0.05) is 0 Å². The second-order valence-electron chi connectivity index (χ2n) is 7.65. The second-order valence-corrected chi connectivity index (χ2v) is 7.65. The van der Waals surface area contributed by atoms with Gasteiger partial charge in [-0.05, 0) is 33.3 Å². The van der Waals surface area contributed by atoms with Gasteiger partial charge in [0.05, 0.1) is 18.1 Å². The Labute approximate surface area is 152 Å². The number of likely N-dealkylation sites (tertiary alicyclic amines) is 1. The summed E-state index contributed by atoms with van der Waals surface area (Å²) in [5, 5.41) is 11.0. The molecule has 26 heavy (non-hydrogen) atoms. The highest BCUT2D eigenvalue weighted by atomic mass is 16.6. The third kappa shape index (κ3) is 3.51. The molecule has 0 aromatic carbocycles. The van der Waals surface area contributed by atoms with Crippen LogP contribution in [0.5, 0.6) is 5.88 Å². The maximum Gasteiger partial charge on any atom is 0.410 e. The molecule has 0 unspecified atom stereocenters. The zero-order chi connectivity index (χ0) is 19.1. The molecule has 1 aromatic heterocycles. The molecular formula is C17H24N4O5. The summed E-state index contributed by atoms with van der Waals surface area (Å²) < 4.78 is 10.5. The van der Waals surface area contributed by atoms with E-state index in [0.717, 1.165) is 13.0 Å². The maximum absolute atomic E-state index is 12.3. The molecule has 9 nitrogen and oxygen atoms in total. The molecule has 1 aromatic rings. The molecule has 3 rings (SSSR count). The van der Waals surface area contributed by atoms with E-state index in [-0.39, 0.29) is 23.7 Å². The molecule has 0 radical (unpaired) electrons. The van der Waals surface area contributed by atoms with Gasteiger partial charge in [0.15, 0.2) is 0 Å². The molecule has 0 spiro atoms. The van der Waals surface area contributed by atoms with Gasteiger partial charge in [-0.3, -0.25) is 10.1 Å². The Morgan fingerprint density at radius 1 is 1.35 bits per heavy atom. The smallest absolute Gasteiger partial charge is 0.410 e. The predicted octanol–water partition coefficient (Wildman–Crippen LogP) is 2.44. The Balaban J connectivity index is 1.76. The second kappa shape index (κ2) is 6.62. The van der Waals surface area contributed by atoms with Crippen molar-refractivity contribution in [2.75, 3.05) is 31.6 Å². The fourth-order valence-corrected chi connectivity index (χ4v) is 3.59. The van der Waals surface area contributed by atoms with Crippen molar-refractivity contribution >= 4 is 17.6 Å². The number of anilines is 1. The molecule has 2 aliphatic rings. The fraction of sp³-hybridized carbons (Fsp3) is 0.647. The van der Waals surface area contributed by atoms with E-state index in [2.05, 4.69) is 9.88 Å². The lowest BCUT2D eigenvalue weighted by Crippen LogP contribution is -2.39. The first-order valence-corrected chi connectivity index (χ1v) is 8.63. The van der Waals surface area contributed by atoms with Crippen LogP contribution in [0.1, 0.15) is 27.2 Å². The number of nitro groups is 1. The van der Waals surface area contributed by atoms with Crippen LogP contribution in [-0.4, -0.2) is 59.3 Å². The van der Waals surface area contributed by atoms with Crippen molar-refractivity contribution in [1.29, 1.82) is 0 Å². The summed E-state index contributed by atoms with van der Waals surface area (Å²) in [6, 6.07) is 3.18. The van der Waals surface area contributed by atoms with Crippen LogP contribution >= 0.6 is 0 Å². The highest BCUT2D eigenvalue weighted by Gasteiger charge is 2.44. The van der Waals surface area contributed by atoms with E-state index in [9.17, 15) is 14.9 Å². The summed E-state index contributed by atoms with van der Waals surface area (Å²) in [5.41, 5.74) is -0.685. The van der Waals surface area contributed by atoms with Crippen LogP contribution in [0, 0.1) is 16.0 Å². The minimum Gasteiger partial charge on any atom is -0.476 e. The molecule has 2 fully saturated rings. The molecular weight excluding hydrogens is 340 g/mol. The van der Waals surface area contributed by atoms with Gasteiger partial charge in [-0.25, -0.2) is 4.79 Å². The van der Waals surface area contributed by atoms with E-state index < -0.39 is 10.5 Å². The van der Waals surface area contributed by atoms with E-state index in [1.54, 1.807) is 11.0 Å². The van der Waals surface area contributed by atoms with Crippen molar-refractivity contribution in [2.45, 2.75) is 38.8 Å². The average molecular weight is 364 g/mol. The van der Waals surface area contributed by atoms with E-state index in [0.29, 0.717) is 24.8 Å². The lowest BCUT2D eigenvalue weighted by Gasteiger charge is -2.27. The number of hydrogen-bond donors (Lipinski definition) is 0. The van der Waals surface area contributed by atoms with Crippen molar-refractivity contribution in [3.05, 3.63) is 22.2 Å². The monoisotopic (exact) mass is 364 g/mol. The fourth-order valence-electron chi connectivity index (χ4n) is 3.59. The van der Waals surface area contributed by atoms with Gasteiger partial charge in [0.25, 0.3) is 5.88 Å². The molecule has 3 heterocycles. The summed E-state index contributed by atoms with van der Waals surface area (Å²) in [6.07, 6.45) is 0.631. The number of rotatable bonds is 3. The van der Waals surface area contributed by atoms with E-state index in [1.807, 2.05) is 20.8 Å². The van der Waals surface area contributed by atoms with Gasteiger partial charge in [-0.2, -0.15) is 4.98 Å². The largest absolute Gasteiger partial charge is 0.476 e. The maximum atomic E-state index is 12.3. The van der Waals surface area contributed by atoms with E-state index in [4.69, 9.17) is 9.47 Å². The first-order chi connectivity index (χ1) is 12.2. The molecule has 9 heteroatoms. The first-order valence-electron chi connectivity index (χ1n) is 8.63. The number of pyridine rings is 1. The molecule has 142 valence electrons. The normalized spacial score (nSPS) is 22.3. The van der Waals surface area contributed by atoms with Crippen LogP contribution in [0.2, 0.25) is 0 Å². The van der Waals surface area contributed by atoms with Gasteiger partial charge in [-0.15, -0.1) is 0 Å². The number of carbonyl (C=O) groups is 1. The zero-order valence-corrected chi connectivity index (χ0v) is 15.5. The standard InChI is InChI=1S/C17H24N4O5/c1-17(2,3)26-16(22)19-9-11-7-8-20(13(11)10-19)14-6-5-12(21(23)24)15(18-14)25-4/h5-6,11,13H,7-10H2,1-4H3/t11-,13+/m1/s1. The van der Waals surface area contributed by atoms with E-state index >= 15 is 0 Å². The van der Waals surface area contributed by atoms with Crippen LogP contribution in [0.15, 0.2) is 12.1 Å². The van der Waals surface area contributed by atoms with Gasteiger partial charge < -0.3 is 19.3 Å². The summed E-state index contributed by atoms with van der Waals surface area (Å²) >= 11 is 0. The van der Waals surface area contributed by atoms with Crippen LogP contribution in [0.4, 0.5) is 16.3 Å². The topological polar surface area (TPSA) is 98.0 Å². The summed E-state index contributed by atoms with van der Waals surface area (Å²) in [5.74, 6) is 0.967. The number of fused-ring (bicyclic) bond motifs is 1. The Hall–Kier alpha value is -2.58. The van der Waals surface area contributed by atoms with Crippen LogP contribution < -0.4 is 9.64 Å². The zero-order valence-electron chi connectivity index (χ0n) is 15.5. The highest BCUT2D eigenvalue weighted by Crippen LogP contribution is 2.37. The average Bonchev–Trinajstić information content (AvgIpc) is 3.12. The lowest BCUT2D eigenvalue weighted by atomic mass is 10.1. The van der Waals surface area contributed by atoms with Gasteiger partial charge >= 0.3 is 11.8 Å². The predicted molar refractivity (Wildman–Crippen MR) is 94.5 cm³/mol. The third-order valence-electron chi connectivity index (χ3n) is 4.71. The van der Waals surface area contributed by atoms with Gasteiger partial charge in [0, 0.05) is 31.6 Å². The molecule has 2 atom stereocenters. The van der Waals surface area contributed by atoms with Gasteiger partial charge in [0.1, 0.15) is 11.4 Å². The number of amides is 1. The molecule has 0 bridgehead atoms. The van der Waals surface area contributed by atoms with Crippen LogP contribution in [0.3, 0.4) is 0 Å². The molecule has 0 N–H and O–H groups in total. The SMILES string of the molecule is COc1nc(N2CC[C@@H]3CN(C(=O)OC(C)(C)C)C[C@@H]32)ccc1[N+](=O)[O-]. The number of carbonyl (C=O) groups excluding carboxylic acids is 1. The number of nitrogens with zero attached hydrogens (tertiary/aromatic N) is 4. The van der Waals surface area contributed by atoms with Crippen molar-refractivity contribution in [2.24, 2.45) is 5.92 Å². The number of aromatic nitrogens is 1. The molecule has 2 saturated heterocycles. The molecule has 2 aliphatic heterocycles. The van der Waals surface area contributed by atoms with Crippen LogP contribution in [-0.2, 0) is 4.74 Å². The van der Waals surface area contributed by atoms with Crippen LogP contribution in [0.25, 0.3) is 0 Å². The highest BCUT2D eigenvalue weighted by molar-refractivity contribution is 5.69. The Morgan fingerprint density at radius 2 is 2.08 bits per heavy atom. The lowest BCUT2D eigenvalue weighted by molar-refractivity contribution is -0.386. The molecule has 1 amide bonds. The third-order valence-corrected chi connectivity index (χ3v) is 4.71. The van der Waals surface area contributed by atoms with Gasteiger partial charge in [0.2, 0.25) is 0 Å². The van der Waals surface area contributed by atoms with Crippen molar-refractivity contribution in [3.63, 3.8) is 0 Å². The Kier molecular flexibility index (Phi) is 4.64. The summed E-state index contributed by atoms with van der Waals surface area (Å²) in [6.45, 7) is 7.55. The van der Waals surface area contributed by atoms with Crippen molar-refractivity contribution in [1.82, 2.24) is 9.88 Å². The van der Waals surface area contributed by atoms with Crippen molar-refractivity contribution < 1.29 is 19.2 Å². The Bertz CT molecular complexity index is 718. The quantitative estimate of drug-likeness (QED) is 0.600. The van der Waals surface area contributed by atoms with E-state index in [1.165, 1.54) is 13.2 Å². The number of methoxy groups -OCH3 is 1. The minimum absolute atomic E-state index is 0.00190. The number of hydrogen-bond acceptors (Lipinski definition) is 7. The molecule has 0 aliphatic carbocycles. The summed E-state index contributed by atoms with van der Waals surface area (Å²) in [7, 11) is 1.37. The first kappa shape index (κ1) is 18.2. The molecule has 0 saturated carbocycles.